The molecule has 4 N–H and O–H groups in total. The van der Waals surface area contributed by atoms with Crippen molar-refractivity contribution in [1.82, 2.24) is 0 Å². The summed E-state index contributed by atoms with van der Waals surface area (Å²) in [5, 5.41) is 35.5. The van der Waals surface area contributed by atoms with Gasteiger partial charge in [-0.3, -0.25) is 0 Å². The maximum atomic E-state index is 12.5. The van der Waals surface area contributed by atoms with Crippen molar-refractivity contribution >= 4 is 6.29 Å². The van der Waals surface area contributed by atoms with Crippen LogP contribution in [-0.2, 0) is 4.79 Å². The molecule has 0 aromatic carbocycles. The lowest BCUT2D eigenvalue weighted by Gasteiger charge is -2.21. The molecule has 0 heterocycles. The lowest BCUT2D eigenvalue weighted by atomic mass is 10.1. The van der Waals surface area contributed by atoms with Gasteiger partial charge in [0.2, 0.25) is 0 Å². The first kappa shape index (κ1) is 6.90. The molecule has 4 atom stereocenters. The van der Waals surface area contributed by atoms with Crippen LogP contribution in [0.3, 0.4) is 0 Å². The second-order valence-corrected chi connectivity index (χ2v) is 2.01. The lowest BCUT2D eigenvalue weighted by Crippen LogP contribution is -2.44. The number of halogens is 1. The number of carbonyl (C=O) groups excluding carboxylic acids is 1. The van der Waals surface area contributed by atoms with Gasteiger partial charge < -0.3 is 25.2 Å². The van der Waals surface area contributed by atoms with Crippen LogP contribution in [0.1, 0.15) is 4.11 Å². The van der Waals surface area contributed by atoms with Crippen LogP contribution in [0.5, 0.6) is 0 Å². The number of hydrogen-bond donors (Lipinski definition) is 4. The molecule has 5 nitrogen and oxygen atoms in total. The van der Waals surface area contributed by atoms with E-state index in [9.17, 15) is 9.18 Å². The first-order valence-electron chi connectivity index (χ1n) is 4.46. The van der Waals surface area contributed by atoms with Gasteiger partial charge in [-0.25, -0.2) is 4.39 Å². The van der Waals surface area contributed by atoms with Crippen LogP contribution in [0.2, 0.25) is 0 Å². The SMILES string of the molecule is [3H]C([3H])(O)C([3H])(O)C(O)C(O)C(F)C=O. The van der Waals surface area contributed by atoms with E-state index in [1.807, 2.05) is 0 Å². The Labute approximate surface area is 72.3 Å². The van der Waals surface area contributed by atoms with Crippen LogP contribution < -0.4 is 0 Å². The van der Waals surface area contributed by atoms with E-state index in [1.165, 1.54) is 0 Å². The normalized spacial score (nSPS) is 28.6. The van der Waals surface area contributed by atoms with Crippen molar-refractivity contribution in [3.63, 3.8) is 0 Å². The fourth-order valence-electron chi connectivity index (χ4n) is 0.483. The second kappa shape index (κ2) is 5.15. The average Bonchev–Trinajstić information content (AvgIpc) is 2.12. The van der Waals surface area contributed by atoms with Gasteiger partial charge in [0.1, 0.15) is 18.3 Å². The molecule has 0 aliphatic rings. The predicted octanol–water partition coefficient (Wildman–Crippen LogP) is -2.40. The van der Waals surface area contributed by atoms with Crippen LogP contribution >= 0.6 is 0 Å². The topological polar surface area (TPSA) is 98.0 Å². The molecule has 4 unspecified atom stereocenters. The molecular weight excluding hydrogens is 171 g/mol. The number of rotatable bonds is 5. The molecule has 0 fully saturated rings. The number of aliphatic hydroxyl groups excluding tert-OH is 2. The molecule has 0 aromatic heterocycles. The van der Waals surface area contributed by atoms with Crippen LogP contribution in [0.15, 0.2) is 0 Å². The Bertz CT molecular complexity index is 231. The zero-order valence-electron chi connectivity index (χ0n) is 8.88. The Kier molecular flexibility index (Phi) is 2.96. The van der Waals surface area contributed by atoms with Crippen molar-refractivity contribution in [2.24, 2.45) is 0 Å². The van der Waals surface area contributed by atoms with Gasteiger partial charge in [-0.2, -0.15) is 0 Å². The quantitative estimate of drug-likeness (QED) is 0.360. The summed E-state index contributed by atoms with van der Waals surface area (Å²) < 4.78 is 32.5. The molecule has 6 heteroatoms. The lowest BCUT2D eigenvalue weighted by molar-refractivity contribution is -0.127. The van der Waals surface area contributed by atoms with Gasteiger partial charge in [0.25, 0.3) is 0 Å². The molecule has 0 radical (unpaired) electrons. The molecule has 72 valence electrons. The Balaban J connectivity index is 4.84. The van der Waals surface area contributed by atoms with Gasteiger partial charge in [0, 0.05) is 0 Å². The van der Waals surface area contributed by atoms with Gasteiger partial charge in [0.05, 0.1) is 10.7 Å². The highest BCUT2D eigenvalue weighted by molar-refractivity contribution is 5.56. The zero-order chi connectivity index (χ0) is 12.4. The van der Waals surface area contributed by atoms with Crippen molar-refractivity contribution < 1.29 is 33.7 Å². The fourth-order valence-corrected chi connectivity index (χ4v) is 0.483. The van der Waals surface area contributed by atoms with Crippen molar-refractivity contribution in [2.75, 3.05) is 6.56 Å². The largest absolute Gasteiger partial charge is 0.394 e. The molecule has 0 amide bonds. The smallest absolute Gasteiger partial charge is 0.183 e. The predicted molar refractivity (Wildman–Crippen MR) is 36.1 cm³/mol. The molecule has 0 aliphatic heterocycles. The average molecular weight is 188 g/mol. The molecule has 0 aliphatic carbocycles. The van der Waals surface area contributed by atoms with Crippen LogP contribution in [0.25, 0.3) is 0 Å². The molecule has 0 bridgehead atoms. The molecule has 12 heavy (non-hydrogen) atoms. The van der Waals surface area contributed by atoms with Crippen LogP contribution in [0, 0.1) is 0 Å². The fraction of sp³-hybridized carbons (Fsp3) is 0.833. The molecule has 0 aromatic rings. The molecule has 0 saturated carbocycles. The number of aliphatic hydroxyl groups is 4. The summed E-state index contributed by atoms with van der Waals surface area (Å²) in [6, 6.07) is 0. The van der Waals surface area contributed by atoms with E-state index >= 15 is 0 Å². The van der Waals surface area contributed by atoms with Gasteiger partial charge >= 0.3 is 0 Å². The van der Waals surface area contributed by atoms with Crippen LogP contribution in [-0.4, -0.2) is 57.7 Å². The Morgan fingerprint density at radius 3 is 2.33 bits per heavy atom. The summed E-state index contributed by atoms with van der Waals surface area (Å²) in [7, 11) is 0. The number of hydrogen-bond acceptors (Lipinski definition) is 5. The third kappa shape index (κ3) is 2.82. The van der Waals surface area contributed by atoms with Gasteiger partial charge in [0.15, 0.2) is 12.5 Å². The highest BCUT2D eigenvalue weighted by Crippen LogP contribution is 2.05. The summed E-state index contributed by atoms with van der Waals surface area (Å²) in [5.74, 6) is 0. The molecule has 0 spiro atoms. The van der Waals surface area contributed by atoms with E-state index in [1.54, 1.807) is 0 Å². The minimum atomic E-state index is -3.59. The first-order chi connectivity index (χ1) is 6.55. The number of alkyl halides is 1. The maximum Gasteiger partial charge on any atom is 0.183 e. The third-order valence-electron chi connectivity index (χ3n) is 1.17. The van der Waals surface area contributed by atoms with Crippen molar-refractivity contribution in [1.29, 1.82) is 0 Å². The minimum absolute atomic E-state index is 0.392. The van der Waals surface area contributed by atoms with Gasteiger partial charge in [-0.15, -0.1) is 0 Å². The highest BCUT2D eigenvalue weighted by Gasteiger charge is 2.30. The van der Waals surface area contributed by atoms with Crippen molar-refractivity contribution in [3.05, 3.63) is 0 Å². The molecular formula is C6H11FO5. The second-order valence-electron chi connectivity index (χ2n) is 2.01. The van der Waals surface area contributed by atoms with E-state index in [0.717, 1.165) is 0 Å². The Morgan fingerprint density at radius 2 is 2.00 bits per heavy atom. The molecule has 0 rings (SSSR count). The monoisotopic (exact) mass is 188 g/mol. The highest BCUT2D eigenvalue weighted by atomic mass is 19.1. The third-order valence-corrected chi connectivity index (χ3v) is 1.17. The van der Waals surface area contributed by atoms with E-state index < -0.39 is 37.3 Å². The van der Waals surface area contributed by atoms with E-state index in [-0.39, 0.29) is 0 Å². The van der Waals surface area contributed by atoms with Gasteiger partial charge in [-0.1, -0.05) is 0 Å². The van der Waals surface area contributed by atoms with Crippen LogP contribution in [0.4, 0.5) is 4.39 Å². The Morgan fingerprint density at radius 1 is 1.50 bits per heavy atom. The zero-order valence-corrected chi connectivity index (χ0v) is 5.88. The number of aldehydes is 1. The maximum absolute atomic E-state index is 12.5. The van der Waals surface area contributed by atoms with Crippen molar-refractivity contribution in [2.45, 2.75) is 24.5 Å². The standard InChI is InChI=1S/C6H11FO5/c7-3(1-8)5(11)6(12)4(10)2-9/h1,3-6,9-12H,2H2/i2T2,4T. The van der Waals surface area contributed by atoms with E-state index in [4.69, 9.17) is 24.5 Å². The summed E-state index contributed by atoms with van der Waals surface area (Å²) in [4.78, 5) is 9.88. The summed E-state index contributed by atoms with van der Waals surface area (Å²) in [6.45, 7) is -3.59. The Hall–Kier alpha value is -0.560. The van der Waals surface area contributed by atoms with Gasteiger partial charge in [-0.05, 0) is 0 Å². The summed E-state index contributed by atoms with van der Waals surface area (Å²) >= 11 is 0. The van der Waals surface area contributed by atoms with E-state index in [2.05, 4.69) is 0 Å². The van der Waals surface area contributed by atoms with Crippen molar-refractivity contribution in [3.8, 4) is 0 Å². The minimum Gasteiger partial charge on any atom is -0.394 e. The first-order valence-corrected chi connectivity index (χ1v) is 2.96. The number of carbonyl (C=O) groups is 1. The summed E-state index contributed by atoms with van der Waals surface area (Å²) in [5.41, 5.74) is 0. The molecule has 0 saturated heterocycles. The summed E-state index contributed by atoms with van der Waals surface area (Å²) in [6.07, 6.45) is -11.7. The van der Waals surface area contributed by atoms with E-state index in [0.29, 0.717) is 0 Å².